The molecule has 0 radical (unpaired) electrons. The predicted molar refractivity (Wildman–Crippen MR) is 122 cm³/mol. The van der Waals surface area contributed by atoms with Crippen molar-refractivity contribution < 1.29 is 22.8 Å². The maximum atomic E-state index is 13.4. The highest BCUT2D eigenvalue weighted by atomic mass is 35.5. The van der Waals surface area contributed by atoms with Crippen LogP contribution in [0.4, 0.5) is 18.9 Å². The molecule has 0 saturated heterocycles. The molecule has 1 fully saturated rings. The molecule has 0 bridgehead atoms. The third-order valence-corrected chi connectivity index (χ3v) is 8.28. The molecule has 1 aliphatic carbocycles. The summed E-state index contributed by atoms with van der Waals surface area (Å²) in [7, 11) is 0. The quantitative estimate of drug-likeness (QED) is 0.341. The summed E-state index contributed by atoms with van der Waals surface area (Å²) < 4.78 is 40.1. The van der Waals surface area contributed by atoms with Gasteiger partial charge in [0.15, 0.2) is 17.5 Å². The van der Waals surface area contributed by atoms with E-state index in [4.69, 9.17) is 11.6 Å². The maximum Gasteiger partial charge on any atom is 0.255 e. The molecule has 2 aromatic carbocycles. The molecule has 1 N–H and O–H groups in total. The molecule has 0 heterocycles. The van der Waals surface area contributed by atoms with E-state index in [1.807, 2.05) is 6.92 Å². The SMILES string of the molecule is CC(C=O)CC1C[C@H](C)C(C)C1Sc1cc(C(=O)Nc2cc(F)c(F)c(F)c2)ccc1Cl. The summed E-state index contributed by atoms with van der Waals surface area (Å²) in [5.41, 5.74) is 0.0789. The molecule has 1 amide bonds. The van der Waals surface area contributed by atoms with E-state index >= 15 is 0 Å². The Morgan fingerprint density at radius 3 is 2.50 bits per heavy atom. The smallest absolute Gasteiger partial charge is 0.255 e. The van der Waals surface area contributed by atoms with Crippen molar-refractivity contribution >= 4 is 41.2 Å². The van der Waals surface area contributed by atoms with Gasteiger partial charge in [0.05, 0.1) is 5.02 Å². The van der Waals surface area contributed by atoms with Crippen LogP contribution in [-0.2, 0) is 4.79 Å². The third kappa shape index (κ3) is 5.49. The number of anilines is 1. The van der Waals surface area contributed by atoms with Crippen LogP contribution in [0.3, 0.4) is 0 Å². The summed E-state index contributed by atoms with van der Waals surface area (Å²) in [4.78, 5) is 24.5. The first-order valence-electron chi connectivity index (χ1n) is 10.5. The van der Waals surface area contributed by atoms with Crippen LogP contribution >= 0.6 is 23.4 Å². The Balaban J connectivity index is 1.80. The normalized spacial score (nSPS) is 23.7. The van der Waals surface area contributed by atoms with Crippen molar-refractivity contribution in [3.05, 3.63) is 58.4 Å². The van der Waals surface area contributed by atoms with Gasteiger partial charge in [-0.25, -0.2) is 13.2 Å². The molecule has 5 atom stereocenters. The molecule has 2 aromatic rings. The Labute approximate surface area is 195 Å². The molecule has 0 aliphatic heterocycles. The Morgan fingerprint density at radius 1 is 1.22 bits per heavy atom. The van der Waals surface area contributed by atoms with Crippen LogP contribution in [0, 0.1) is 41.1 Å². The van der Waals surface area contributed by atoms with Crippen LogP contribution in [0.5, 0.6) is 0 Å². The average Bonchev–Trinajstić information content (AvgIpc) is 3.00. The van der Waals surface area contributed by atoms with Crippen LogP contribution in [0.25, 0.3) is 0 Å². The number of hydrogen-bond donors (Lipinski definition) is 1. The van der Waals surface area contributed by atoms with Crippen LogP contribution < -0.4 is 5.32 Å². The second kappa shape index (κ2) is 10.3. The van der Waals surface area contributed by atoms with Crippen molar-refractivity contribution in [3.8, 4) is 0 Å². The number of carbonyl (C=O) groups is 2. The van der Waals surface area contributed by atoms with Crippen molar-refractivity contribution in [2.75, 3.05) is 5.32 Å². The van der Waals surface area contributed by atoms with Crippen LogP contribution in [0.2, 0.25) is 5.02 Å². The lowest BCUT2D eigenvalue weighted by Crippen LogP contribution is -2.19. The summed E-state index contributed by atoms with van der Waals surface area (Å²) in [5, 5.41) is 3.13. The molecule has 1 aliphatic rings. The third-order valence-electron chi connectivity index (χ3n) is 6.16. The highest BCUT2D eigenvalue weighted by Crippen LogP contribution is 2.49. The van der Waals surface area contributed by atoms with Crippen LogP contribution in [0.15, 0.2) is 35.2 Å². The lowest BCUT2D eigenvalue weighted by atomic mass is 9.94. The Bertz CT molecular complexity index is 996. The van der Waals surface area contributed by atoms with Crippen molar-refractivity contribution in [1.82, 2.24) is 0 Å². The summed E-state index contributed by atoms with van der Waals surface area (Å²) in [6, 6.07) is 6.22. The van der Waals surface area contributed by atoms with Crippen molar-refractivity contribution in [2.24, 2.45) is 23.7 Å². The van der Waals surface area contributed by atoms with Gasteiger partial charge in [0.2, 0.25) is 0 Å². The monoisotopic (exact) mass is 483 g/mol. The fourth-order valence-electron chi connectivity index (χ4n) is 4.26. The number of halogens is 4. The number of rotatable bonds is 7. The Hall–Kier alpha value is -1.99. The molecule has 1 saturated carbocycles. The van der Waals surface area contributed by atoms with E-state index in [0.29, 0.717) is 22.8 Å². The first-order chi connectivity index (χ1) is 15.1. The van der Waals surface area contributed by atoms with Gasteiger partial charge in [-0.3, -0.25) is 4.79 Å². The fourth-order valence-corrected chi connectivity index (χ4v) is 6.08. The van der Waals surface area contributed by atoms with E-state index in [1.165, 1.54) is 6.07 Å². The van der Waals surface area contributed by atoms with E-state index in [0.717, 1.165) is 36.2 Å². The van der Waals surface area contributed by atoms with Gasteiger partial charge < -0.3 is 10.1 Å². The van der Waals surface area contributed by atoms with Gasteiger partial charge in [0.1, 0.15) is 6.29 Å². The summed E-state index contributed by atoms with van der Waals surface area (Å²) in [5.74, 6) is -3.71. The minimum Gasteiger partial charge on any atom is -0.322 e. The maximum absolute atomic E-state index is 13.4. The number of amides is 1. The molecule has 4 unspecified atom stereocenters. The van der Waals surface area contributed by atoms with Crippen LogP contribution in [-0.4, -0.2) is 17.4 Å². The zero-order valence-corrected chi connectivity index (χ0v) is 19.6. The second-order valence-corrected chi connectivity index (χ2v) is 10.2. The molecule has 32 heavy (non-hydrogen) atoms. The van der Waals surface area contributed by atoms with E-state index in [2.05, 4.69) is 19.2 Å². The summed E-state index contributed by atoms with van der Waals surface area (Å²) in [6.07, 6.45) is 2.81. The number of hydrogen-bond acceptors (Lipinski definition) is 3. The van der Waals surface area contributed by atoms with E-state index < -0.39 is 23.4 Å². The number of thioether (sulfide) groups is 1. The van der Waals surface area contributed by atoms with Crippen molar-refractivity contribution in [2.45, 2.75) is 43.8 Å². The molecule has 3 nitrogen and oxygen atoms in total. The Kier molecular flexibility index (Phi) is 7.93. The minimum atomic E-state index is -1.59. The van der Waals surface area contributed by atoms with Crippen molar-refractivity contribution in [3.63, 3.8) is 0 Å². The molecular formula is C24H25ClF3NO2S. The zero-order valence-electron chi connectivity index (χ0n) is 18.0. The standard InChI is InChI=1S/C24H25ClF3NO2S/c1-12(11-30)6-16-7-13(2)14(3)23(16)32-21-8-15(4-5-18(21)25)24(31)29-17-9-19(26)22(28)20(27)10-17/h4-5,8-14,16,23H,6-7H2,1-3H3,(H,29,31)/t12?,13-,14?,16?,23?/m0/s1. The second-order valence-electron chi connectivity index (χ2n) is 8.62. The minimum absolute atomic E-state index is 0.0234. The first-order valence-corrected chi connectivity index (χ1v) is 11.7. The fraction of sp³-hybridized carbons (Fsp3) is 0.417. The van der Waals surface area contributed by atoms with E-state index in [9.17, 15) is 22.8 Å². The molecule has 172 valence electrons. The van der Waals surface area contributed by atoms with Gasteiger partial charge in [-0.15, -0.1) is 11.8 Å². The molecular weight excluding hydrogens is 459 g/mol. The van der Waals surface area contributed by atoms with Crippen molar-refractivity contribution in [1.29, 1.82) is 0 Å². The highest BCUT2D eigenvalue weighted by molar-refractivity contribution is 8.00. The molecule has 8 heteroatoms. The first kappa shape index (κ1) is 24.6. The zero-order chi connectivity index (χ0) is 23.6. The van der Waals surface area contributed by atoms with E-state index in [-0.39, 0.29) is 22.4 Å². The van der Waals surface area contributed by atoms with Gasteiger partial charge in [0, 0.05) is 39.4 Å². The van der Waals surface area contributed by atoms with E-state index in [1.54, 1.807) is 23.9 Å². The Morgan fingerprint density at radius 2 is 1.88 bits per heavy atom. The summed E-state index contributed by atoms with van der Waals surface area (Å²) >= 11 is 8.01. The molecule has 0 spiro atoms. The molecule has 0 aromatic heterocycles. The van der Waals surface area contributed by atoms with Gasteiger partial charge >= 0.3 is 0 Å². The topological polar surface area (TPSA) is 46.2 Å². The van der Waals surface area contributed by atoms with Gasteiger partial charge in [0.25, 0.3) is 5.91 Å². The largest absolute Gasteiger partial charge is 0.322 e. The predicted octanol–water partition coefficient (Wildman–Crippen LogP) is 6.99. The van der Waals surface area contributed by atoms with Gasteiger partial charge in [-0.2, -0.15) is 0 Å². The number of aldehydes is 1. The van der Waals surface area contributed by atoms with Gasteiger partial charge in [-0.05, 0) is 48.8 Å². The number of carbonyl (C=O) groups excluding carboxylic acids is 2. The summed E-state index contributed by atoms with van der Waals surface area (Å²) in [6.45, 7) is 6.31. The highest BCUT2D eigenvalue weighted by Gasteiger charge is 2.39. The lowest BCUT2D eigenvalue weighted by Gasteiger charge is -2.24. The lowest BCUT2D eigenvalue weighted by molar-refractivity contribution is -0.111. The number of nitrogens with one attached hydrogen (secondary N) is 1. The van der Waals surface area contributed by atoms with Gasteiger partial charge in [-0.1, -0.05) is 32.4 Å². The number of benzene rings is 2. The molecule has 3 rings (SSSR count). The average molecular weight is 484 g/mol. The van der Waals surface area contributed by atoms with Crippen LogP contribution in [0.1, 0.15) is 44.0 Å².